The molecule has 1 saturated heterocycles. The van der Waals surface area contributed by atoms with Gasteiger partial charge in [-0.25, -0.2) is 8.42 Å². The monoisotopic (exact) mass is 549 g/mol. The topological polar surface area (TPSA) is 93.0 Å². The van der Waals surface area contributed by atoms with Crippen LogP contribution in [0.1, 0.15) is 22.8 Å². The van der Waals surface area contributed by atoms with Gasteiger partial charge in [0.15, 0.2) is 0 Å². The Kier molecular flexibility index (Phi) is 8.46. The molecule has 0 saturated carbocycles. The van der Waals surface area contributed by atoms with Gasteiger partial charge in [-0.3, -0.25) is 15.0 Å². The Bertz CT molecular complexity index is 1360. The van der Waals surface area contributed by atoms with Gasteiger partial charge in [-0.15, -0.1) is 0 Å². The average molecular weight is 550 g/mol. The highest BCUT2D eigenvalue weighted by Gasteiger charge is 2.32. The van der Waals surface area contributed by atoms with E-state index in [1.165, 1.54) is 28.6 Å². The van der Waals surface area contributed by atoms with Crippen molar-refractivity contribution >= 4 is 15.7 Å². The van der Waals surface area contributed by atoms with Crippen molar-refractivity contribution in [3.8, 4) is 0 Å². The van der Waals surface area contributed by atoms with Gasteiger partial charge in [0.05, 0.1) is 22.0 Å². The van der Waals surface area contributed by atoms with Crippen molar-refractivity contribution in [1.82, 2.24) is 9.21 Å². The molecular formula is C26H26F3N3O5S. The van der Waals surface area contributed by atoms with E-state index in [4.69, 9.17) is 4.74 Å². The third-order valence-electron chi connectivity index (χ3n) is 6.31. The quantitative estimate of drug-likeness (QED) is 0.283. The molecule has 1 fully saturated rings. The number of nitrogens with zero attached hydrogens (tertiary/aromatic N) is 3. The molecule has 4 rings (SSSR count). The lowest BCUT2D eigenvalue weighted by Gasteiger charge is -2.34. The zero-order valence-corrected chi connectivity index (χ0v) is 21.1. The van der Waals surface area contributed by atoms with E-state index in [0.29, 0.717) is 25.2 Å². The first-order valence-electron chi connectivity index (χ1n) is 11.9. The van der Waals surface area contributed by atoms with Crippen LogP contribution in [0, 0.1) is 10.1 Å². The summed E-state index contributed by atoms with van der Waals surface area (Å²) < 4.78 is 73.1. The van der Waals surface area contributed by atoms with E-state index >= 15 is 0 Å². The van der Waals surface area contributed by atoms with Gasteiger partial charge in [-0.2, -0.15) is 17.5 Å². The van der Waals surface area contributed by atoms with Crippen molar-refractivity contribution in [2.24, 2.45) is 0 Å². The number of alkyl halides is 3. The highest BCUT2D eigenvalue weighted by molar-refractivity contribution is 7.89. The number of hydrogen-bond donors (Lipinski definition) is 0. The fourth-order valence-corrected chi connectivity index (χ4v) is 5.75. The Morgan fingerprint density at radius 2 is 1.55 bits per heavy atom. The summed E-state index contributed by atoms with van der Waals surface area (Å²) in [5.41, 5.74) is 0.0646. The van der Waals surface area contributed by atoms with Crippen LogP contribution in [0.3, 0.4) is 0 Å². The van der Waals surface area contributed by atoms with Gasteiger partial charge in [0, 0.05) is 44.9 Å². The summed E-state index contributed by atoms with van der Waals surface area (Å²) in [6.45, 7) is 1.89. The lowest BCUT2D eigenvalue weighted by Crippen LogP contribution is -2.49. The third-order valence-corrected chi connectivity index (χ3v) is 8.20. The SMILES string of the molecule is O=[N+]([O-])c1cccc(S(=O)(=O)N2CCN(CCO[C@H](c3ccccc3)c3cccc(C(F)(F)F)c3)CC2)c1. The number of hydrogen-bond acceptors (Lipinski definition) is 6. The molecule has 202 valence electrons. The van der Waals surface area contributed by atoms with E-state index in [2.05, 4.69) is 0 Å². The van der Waals surface area contributed by atoms with E-state index in [9.17, 15) is 31.7 Å². The van der Waals surface area contributed by atoms with E-state index in [0.717, 1.165) is 23.8 Å². The fourth-order valence-electron chi connectivity index (χ4n) is 4.29. The van der Waals surface area contributed by atoms with Crippen molar-refractivity contribution in [1.29, 1.82) is 0 Å². The van der Waals surface area contributed by atoms with Crippen LogP contribution in [-0.2, 0) is 20.9 Å². The molecule has 12 heteroatoms. The minimum Gasteiger partial charge on any atom is -0.367 e. The maximum atomic E-state index is 13.3. The Labute approximate surface area is 218 Å². The molecule has 3 aromatic carbocycles. The Morgan fingerprint density at radius 1 is 0.895 bits per heavy atom. The van der Waals surface area contributed by atoms with Crippen molar-refractivity contribution < 1.29 is 31.2 Å². The summed E-state index contributed by atoms with van der Waals surface area (Å²) >= 11 is 0. The molecule has 0 N–H and O–H groups in total. The van der Waals surface area contributed by atoms with Gasteiger partial charge in [0.2, 0.25) is 10.0 Å². The molecule has 0 radical (unpaired) electrons. The number of nitro groups is 1. The standard InChI is InChI=1S/C26H26F3N3O5S/c27-26(28,29)22-9-4-8-21(18-22)25(20-6-2-1-3-7-20)37-17-16-30-12-14-31(15-13-30)38(35,36)24-11-5-10-23(19-24)32(33)34/h1-11,18-19,25H,12-17H2/t25-/m1/s1. The first-order valence-corrected chi connectivity index (χ1v) is 13.3. The number of halogens is 3. The molecule has 0 unspecified atom stereocenters. The molecule has 1 atom stereocenters. The van der Waals surface area contributed by atoms with E-state index in [1.54, 1.807) is 30.3 Å². The Balaban J connectivity index is 1.38. The Morgan fingerprint density at radius 3 is 2.21 bits per heavy atom. The van der Waals surface area contributed by atoms with Crippen molar-refractivity contribution in [2.45, 2.75) is 17.2 Å². The molecule has 38 heavy (non-hydrogen) atoms. The molecule has 0 spiro atoms. The fraction of sp³-hybridized carbons (Fsp3) is 0.308. The molecule has 0 aromatic heterocycles. The van der Waals surface area contributed by atoms with E-state index in [-0.39, 0.29) is 30.3 Å². The van der Waals surface area contributed by atoms with Crippen molar-refractivity contribution in [3.05, 3.63) is 106 Å². The van der Waals surface area contributed by atoms with Crippen molar-refractivity contribution in [3.63, 3.8) is 0 Å². The number of rotatable bonds is 9. The first kappa shape index (κ1) is 27.7. The Hall–Kier alpha value is -3.32. The number of ether oxygens (including phenoxy) is 1. The summed E-state index contributed by atoms with van der Waals surface area (Å²) in [6.07, 6.45) is -5.17. The summed E-state index contributed by atoms with van der Waals surface area (Å²) in [5, 5.41) is 11.0. The van der Waals surface area contributed by atoms with E-state index < -0.39 is 32.8 Å². The lowest BCUT2D eigenvalue weighted by molar-refractivity contribution is -0.385. The average Bonchev–Trinajstić information content (AvgIpc) is 2.91. The van der Waals surface area contributed by atoms with Crippen LogP contribution < -0.4 is 0 Å². The number of sulfonamides is 1. The van der Waals surface area contributed by atoms with Crippen LogP contribution in [0.5, 0.6) is 0 Å². The van der Waals surface area contributed by atoms with Gasteiger partial charge in [-0.05, 0) is 29.3 Å². The zero-order valence-electron chi connectivity index (χ0n) is 20.3. The van der Waals surface area contributed by atoms with Crippen LogP contribution in [0.2, 0.25) is 0 Å². The highest BCUT2D eigenvalue weighted by atomic mass is 32.2. The summed E-state index contributed by atoms with van der Waals surface area (Å²) in [6, 6.07) is 19.0. The zero-order chi connectivity index (χ0) is 27.3. The van der Waals surface area contributed by atoms with E-state index in [1.807, 2.05) is 11.0 Å². The summed E-state index contributed by atoms with van der Waals surface area (Å²) in [4.78, 5) is 12.3. The largest absolute Gasteiger partial charge is 0.416 e. The second-order valence-electron chi connectivity index (χ2n) is 8.78. The molecule has 1 aliphatic heterocycles. The highest BCUT2D eigenvalue weighted by Crippen LogP contribution is 2.33. The molecule has 0 bridgehead atoms. The lowest BCUT2D eigenvalue weighted by atomic mass is 9.99. The third kappa shape index (κ3) is 6.57. The van der Waals surface area contributed by atoms with Gasteiger partial charge >= 0.3 is 6.18 Å². The van der Waals surface area contributed by atoms with Crippen LogP contribution >= 0.6 is 0 Å². The van der Waals surface area contributed by atoms with Crippen LogP contribution in [-0.4, -0.2) is 61.9 Å². The molecular weight excluding hydrogens is 523 g/mol. The molecule has 1 aliphatic rings. The smallest absolute Gasteiger partial charge is 0.367 e. The number of piperazine rings is 1. The number of non-ortho nitro benzene ring substituents is 1. The number of nitro benzene ring substituents is 1. The molecule has 3 aromatic rings. The predicted octanol–water partition coefficient (Wildman–Crippen LogP) is 4.73. The minimum absolute atomic E-state index is 0.129. The normalized spacial score (nSPS) is 16.3. The van der Waals surface area contributed by atoms with Crippen molar-refractivity contribution in [2.75, 3.05) is 39.3 Å². The van der Waals surface area contributed by atoms with Gasteiger partial charge in [0.1, 0.15) is 6.10 Å². The second kappa shape index (κ2) is 11.6. The molecule has 0 amide bonds. The maximum absolute atomic E-state index is 13.3. The minimum atomic E-state index is -4.47. The van der Waals surface area contributed by atoms with Gasteiger partial charge < -0.3 is 4.74 Å². The maximum Gasteiger partial charge on any atom is 0.416 e. The number of benzene rings is 3. The van der Waals surface area contributed by atoms with Crippen LogP contribution in [0.15, 0.2) is 83.8 Å². The predicted molar refractivity (Wildman–Crippen MR) is 134 cm³/mol. The molecule has 1 heterocycles. The summed E-state index contributed by atoms with van der Waals surface area (Å²) in [5.74, 6) is 0. The van der Waals surface area contributed by atoms with Crippen LogP contribution in [0.25, 0.3) is 0 Å². The molecule has 0 aliphatic carbocycles. The van der Waals surface area contributed by atoms with Gasteiger partial charge in [-0.1, -0.05) is 48.5 Å². The second-order valence-corrected chi connectivity index (χ2v) is 10.7. The van der Waals surface area contributed by atoms with Gasteiger partial charge in [0.25, 0.3) is 5.69 Å². The van der Waals surface area contributed by atoms with Crippen LogP contribution in [0.4, 0.5) is 18.9 Å². The molecule has 8 nitrogen and oxygen atoms in total. The first-order chi connectivity index (χ1) is 18.1. The summed E-state index contributed by atoms with van der Waals surface area (Å²) in [7, 11) is -3.88.